The van der Waals surface area contributed by atoms with Gasteiger partial charge >= 0.3 is 0 Å². The zero-order chi connectivity index (χ0) is 12.5. The van der Waals surface area contributed by atoms with Crippen molar-refractivity contribution in [3.05, 3.63) is 34.9 Å². The van der Waals surface area contributed by atoms with Crippen molar-refractivity contribution in [2.45, 2.75) is 0 Å². The Morgan fingerprint density at radius 1 is 1.33 bits per heavy atom. The van der Waals surface area contributed by atoms with Crippen LogP contribution in [0.4, 0.5) is 4.39 Å². The average Bonchev–Trinajstić information content (AvgIpc) is 2.99. The highest BCUT2D eigenvalue weighted by Crippen LogP contribution is 2.29. The van der Waals surface area contributed by atoms with Gasteiger partial charge in [0.25, 0.3) is 5.89 Å². The molecular formula is C11H6FN3O2S. The van der Waals surface area contributed by atoms with Crippen molar-refractivity contribution in [2.24, 2.45) is 0 Å². The quantitative estimate of drug-likeness (QED) is 0.769. The van der Waals surface area contributed by atoms with Crippen molar-refractivity contribution in [1.29, 1.82) is 0 Å². The number of benzene rings is 1. The second-order valence-electron chi connectivity index (χ2n) is 3.46. The Morgan fingerprint density at radius 3 is 2.94 bits per heavy atom. The van der Waals surface area contributed by atoms with E-state index in [2.05, 4.69) is 15.1 Å². The van der Waals surface area contributed by atoms with Gasteiger partial charge in [0.2, 0.25) is 5.82 Å². The third-order valence-electron chi connectivity index (χ3n) is 2.28. The van der Waals surface area contributed by atoms with Gasteiger partial charge in [0.05, 0.1) is 11.1 Å². The van der Waals surface area contributed by atoms with E-state index >= 15 is 0 Å². The number of aromatic nitrogens is 3. The zero-order valence-electron chi connectivity index (χ0n) is 8.87. The Balaban J connectivity index is 2.03. The Labute approximate surface area is 105 Å². The highest BCUT2D eigenvalue weighted by molar-refractivity contribution is 7.07. The van der Waals surface area contributed by atoms with Gasteiger partial charge in [-0.05, 0) is 12.1 Å². The van der Waals surface area contributed by atoms with E-state index < -0.39 is 5.82 Å². The monoisotopic (exact) mass is 263 g/mol. The summed E-state index contributed by atoms with van der Waals surface area (Å²) in [4.78, 5) is 8.14. The molecule has 2 aromatic heterocycles. The summed E-state index contributed by atoms with van der Waals surface area (Å²) in [6.07, 6.45) is 0. The van der Waals surface area contributed by atoms with Gasteiger partial charge in [0.1, 0.15) is 17.3 Å². The fraction of sp³-hybridized carbons (Fsp3) is 0. The smallest absolute Gasteiger partial charge is 0.262 e. The third-order valence-corrected chi connectivity index (χ3v) is 2.86. The molecule has 5 nitrogen and oxygen atoms in total. The molecule has 1 aromatic carbocycles. The molecule has 0 atom stereocenters. The predicted molar refractivity (Wildman–Crippen MR) is 62.5 cm³/mol. The number of halogens is 1. The molecular weight excluding hydrogens is 257 g/mol. The van der Waals surface area contributed by atoms with Gasteiger partial charge in [0.15, 0.2) is 0 Å². The van der Waals surface area contributed by atoms with Crippen LogP contribution in [0.2, 0.25) is 0 Å². The molecule has 0 spiro atoms. The number of phenolic OH excluding ortho intramolecular Hbond substituents is 1. The molecule has 1 N–H and O–H groups in total. The van der Waals surface area contributed by atoms with E-state index in [1.54, 1.807) is 10.9 Å². The lowest BCUT2D eigenvalue weighted by molar-refractivity contribution is 0.424. The number of rotatable bonds is 2. The minimum absolute atomic E-state index is 0.121. The van der Waals surface area contributed by atoms with Gasteiger partial charge in [-0.2, -0.15) is 4.98 Å². The molecule has 3 aromatic rings. The average molecular weight is 263 g/mol. The maximum Gasteiger partial charge on any atom is 0.262 e. The van der Waals surface area contributed by atoms with Crippen molar-refractivity contribution in [1.82, 2.24) is 15.1 Å². The van der Waals surface area contributed by atoms with Crippen molar-refractivity contribution in [3.8, 4) is 28.7 Å². The van der Waals surface area contributed by atoms with Crippen molar-refractivity contribution >= 4 is 11.3 Å². The molecule has 0 aliphatic carbocycles. The van der Waals surface area contributed by atoms with E-state index in [0.29, 0.717) is 11.5 Å². The number of thiazole rings is 1. The largest absolute Gasteiger partial charge is 0.507 e. The number of nitrogens with zero attached hydrogens (tertiary/aromatic N) is 3. The van der Waals surface area contributed by atoms with E-state index in [-0.39, 0.29) is 17.2 Å². The topological polar surface area (TPSA) is 72.0 Å². The first kappa shape index (κ1) is 10.8. The minimum Gasteiger partial charge on any atom is -0.507 e. The normalized spacial score (nSPS) is 10.7. The van der Waals surface area contributed by atoms with E-state index in [1.807, 2.05) is 0 Å². The summed E-state index contributed by atoms with van der Waals surface area (Å²) < 4.78 is 17.9. The molecule has 0 bridgehead atoms. The summed E-state index contributed by atoms with van der Waals surface area (Å²) in [5, 5.41) is 15.1. The van der Waals surface area contributed by atoms with Crippen LogP contribution < -0.4 is 0 Å². The lowest BCUT2D eigenvalue weighted by Crippen LogP contribution is -1.82. The second-order valence-corrected chi connectivity index (χ2v) is 4.18. The molecule has 0 saturated carbocycles. The lowest BCUT2D eigenvalue weighted by Gasteiger charge is -1.97. The van der Waals surface area contributed by atoms with Crippen molar-refractivity contribution in [3.63, 3.8) is 0 Å². The molecule has 2 heterocycles. The summed E-state index contributed by atoms with van der Waals surface area (Å²) in [6, 6.07) is 3.58. The van der Waals surface area contributed by atoms with Crippen LogP contribution in [-0.2, 0) is 0 Å². The highest BCUT2D eigenvalue weighted by Gasteiger charge is 2.15. The first-order chi connectivity index (χ1) is 8.74. The van der Waals surface area contributed by atoms with E-state index in [0.717, 1.165) is 6.07 Å². The molecule has 3 rings (SSSR count). The Kier molecular flexibility index (Phi) is 2.52. The molecule has 0 radical (unpaired) electrons. The number of hydrogen-bond donors (Lipinski definition) is 1. The second kappa shape index (κ2) is 4.19. The van der Waals surface area contributed by atoms with E-state index in [9.17, 15) is 9.50 Å². The van der Waals surface area contributed by atoms with Crippen LogP contribution in [0.15, 0.2) is 33.6 Å². The van der Waals surface area contributed by atoms with Gasteiger partial charge in [-0.25, -0.2) is 9.37 Å². The van der Waals surface area contributed by atoms with Gasteiger partial charge in [-0.1, -0.05) is 5.16 Å². The predicted octanol–water partition coefficient (Wildman–Crippen LogP) is 2.70. The van der Waals surface area contributed by atoms with Gasteiger partial charge in [0, 0.05) is 11.4 Å². The minimum atomic E-state index is -0.532. The first-order valence-electron chi connectivity index (χ1n) is 4.95. The first-order valence-corrected chi connectivity index (χ1v) is 5.89. The molecule has 90 valence electrons. The fourth-order valence-corrected chi connectivity index (χ4v) is 1.98. The van der Waals surface area contributed by atoms with Crippen LogP contribution in [0.25, 0.3) is 23.0 Å². The van der Waals surface area contributed by atoms with Gasteiger partial charge in [-0.3, -0.25) is 0 Å². The molecule has 18 heavy (non-hydrogen) atoms. The number of phenols is 1. The number of hydrogen-bond acceptors (Lipinski definition) is 6. The Morgan fingerprint density at radius 2 is 2.22 bits per heavy atom. The number of aromatic hydroxyl groups is 1. The van der Waals surface area contributed by atoms with Crippen molar-refractivity contribution < 1.29 is 14.0 Å². The summed E-state index contributed by atoms with van der Waals surface area (Å²) in [5.41, 5.74) is 2.53. The lowest BCUT2D eigenvalue weighted by atomic mass is 10.2. The molecule has 0 amide bonds. The van der Waals surface area contributed by atoms with Crippen LogP contribution >= 0.6 is 11.3 Å². The summed E-state index contributed by atoms with van der Waals surface area (Å²) in [5.74, 6) is -0.329. The maximum atomic E-state index is 12.9. The molecule has 0 aliphatic heterocycles. The summed E-state index contributed by atoms with van der Waals surface area (Å²) in [7, 11) is 0. The van der Waals surface area contributed by atoms with Crippen molar-refractivity contribution in [2.75, 3.05) is 0 Å². The summed E-state index contributed by atoms with van der Waals surface area (Å²) >= 11 is 1.41. The van der Waals surface area contributed by atoms with Gasteiger partial charge < -0.3 is 9.63 Å². The molecule has 0 unspecified atom stereocenters. The Hall–Kier alpha value is -2.28. The fourth-order valence-electron chi connectivity index (χ4n) is 1.45. The highest BCUT2D eigenvalue weighted by atomic mass is 32.1. The Bertz CT molecular complexity index is 681. The third kappa shape index (κ3) is 1.84. The SMILES string of the molecule is Oc1cc(F)ccc1-c1nc(-c2cscn2)no1. The van der Waals surface area contributed by atoms with Crippen LogP contribution in [-0.4, -0.2) is 20.2 Å². The molecule has 0 fully saturated rings. The van der Waals surface area contributed by atoms with Gasteiger partial charge in [-0.15, -0.1) is 11.3 Å². The van der Waals surface area contributed by atoms with Crippen LogP contribution in [0.5, 0.6) is 5.75 Å². The summed E-state index contributed by atoms with van der Waals surface area (Å²) in [6.45, 7) is 0. The van der Waals surface area contributed by atoms with Crippen LogP contribution in [0, 0.1) is 5.82 Å². The van der Waals surface area contributed by atoms with E-state index in [4.69, 9.17) is 4.52 Å². The molecule has 0 saturated heterocycles. The maximum absolute atomic E-state index is 12.9. The van der Waals surface area contributed by atoms with Crippen LogP contribution in [0.1, 0.15) is 0 Å². The van der Waals surface area contributed by atoms with E-state index in [1.165, 1.54) is 23.5 Å². The molecule has 7 heteroatoms. The van der Waals surface area contributed by atoms with Crippen LogP contribution in [0.3, 0.4) is 0 Å². The standard InChI is InChI=1S/C11H6FN3O2S/c12-6-1-2-7(9(16)3-6)11-14-10(15-17-11)8-4-18-5-13-8/h1-5,16H. The zero-order valence-corrected chi connectivity index (χ0v) is 9.69. The molecule has 0 aliphatic rings.